The number of aliphatic carboxylic acids is 1. The molecule has 0 rings (SSSR count). The Morgan fingerprint density at radius 1 is 1.39 bits per heavy atom. The molecule has 0 saturated heterocycles. The number of carboxylic acid groups (broad SMARTS) is 1. The van der Waals surface area contributed by atoms with Crippen LogP contribution in [0.2, 0.25) is 0 Å². The van der Waals surface area contributed by atoms with Gasteiger partial charge >= 0.3 is 11.9 Å². The molecule has 8 heteroatoms. The van der Waals surface area contributed by atoms with Crippen LogP contribution in [-0.4, -0.2) is 67.1 Å². The predicted molar refractivity (Wildman–Crippen MR) is 74.1 cm³/mol. The van der Waals surface area contributed by atoms with Crippen LogP contribution in [0.5, 0.6) is 0 Å². The van der Waals surface area contributed by atoms with E-state index in [1.165, 1.54) is 0 Å². The fraction of sp³-hybridized carbons (Fsp3) is 0.800. The molecule has 18 heavy (non-hydrogen) atoms. The summed E-state index contributed by atoms with van der Waals surface area (Å²) in [4.78, 5) is 22.1. The summed E-state index contributed by atoms with van der Waals surface area (Å²) < 4.78 is 5.58. The third-order valence-electron chi connectivity index (χ3n) is 1.94. The van der Waals surface area contributed by atoms with Crippen LogP contribution >= 0.6 is 25.0 Å². The van der Waals surface area contributed by atoms with E-state index >= 15 is 0 Å². The van der Waals surface area contributed by atoms with Gasteiger partial charge in [0, 0.05) is 5.75 Å². The second-order valence-corrected chi connectivity index (χ2v) is 5.28. The number of hydrogen-bond acceptors (Lipinski definition) is 5. The largest absolute Gasteiger partial charge is 0.481 e. The van der Waals surface area contributed by atoms with Gasteiger partial charge < -0.3 is 20.1 Å². The lowest BCUT2D eigenvalue weighted by atomic mass is 10.2. The minimum atomic E-state index is -1.00. The summed E-state index contributed by atoms with van der Waals surface area (Å²) in [5.74, 6) is -1.45. The molecule has 0 radical (unpaired) electrons. The van der Waals surface area contributed by atoms with Crippen molar-refractivity contribution in [3.05, 3.63) is 0 Å². The van der Waals surface area contributed by atoms with Crippen molar-refractivity contribution in [3.8, 4) is 0 Å². The van der Waals surface area contributed by atoms with Gasteiger partial charge in [-0.2, -0.15) is 12.6 Å². The van der Waals surface area contributed by atoms with Gasteiger partial charge in [0.1, 0.15) is 12.6 Å². The number of rotatable bonds is 7. The minimum absolute atomic E-state index is 0. The van der Waals surface area contributed by atoms with Gasteiger partial charge in [-0.15, -0.1) is 12.4 Å². The molecule has 0 aliphatic rings. The number of halogens is 1. The van der Waals surface area contributed by atoms with E-state index in [1.54, 1.807) is 0 Å². The number of hydrogen-bond donors (Lipinski definition) is 3. The number of thiol groups is 1. The molecule has 0 aliphatic heterocycles. The van der Waals surface area contributed by atoms with Crippen molar-refractivity contribution in [3.63, 3.8) is 0 Å². The van der Waals surface area contributed by atoms with Crippen LogP contribution in [0.3, 0.4) is 0 Å². The van der Waals surface area contributed by atoms with Gasteiger partial charge in [-0.3, -0.25) is 9.59 Å². The van der Waals surface area contributed by atoms with Crippen LogP contribution < -0.4 is 5.73 Å². The smallest absolute Gasteiger partial charge is 0.324 e. The van der Waals surface area contributed by atoms with Gasteiger partial charge in [0.15, 0.2) is 6.10 Å². The third-order valence-corrected chi connectivity index (χ3v) is 2.33. The first-order valence-corrected chi connectivity index (χ1v) is 5.88. The number of likely N-dealkylation sites (N-methyl/N-ethyl adjacent to an activating group) is 1. The average Bonchev–Trinajstić information content (AvgIpc) is 2.12. The van der Waals surface area contributed by atoms with Gasteiger partial charge in [-0.05, 0) is 0 Å². The zero-order valence-corrected chi connectivity index (χ0v) is 12.5. The molecule has 0 aromatic rings. The first-order chi connectivity index (χ1) is 7.65. The number of carbonyl (C=O) groups excluding carboxylic acids is 1. The van der Waals surface area contributed by atoms with Crippen LogP contribution in [0.25, 0.3) is 0 Å². The molecule has 0 heterocycles. The zero-order valence-electron chi connectivity index (χ0n) is 10.8. The second-order valence-electron chi connectivity index (χ2n) is 4.92. The maximum absolute atomic E-state index is 11.5. The summed E-state index contributed by atoms with van der Waals surface area (Å²) in [6.07, 6.45) is -0.897. The molecule has 0 amide bonds. The summed E-state index contributed by atoms with van der Waals surface area (Å²) in [5.41, 5.74) is 5.46. The highest BCUT2D eigenvalue weighted by Gasteiger charge is 2.26. The molecule has 0 aromatic heterocycles. The van der Waals surface area contributed by atoms with Crippen LogP contribution in [0, 0.1) is 0 Å². The SMILES string of the molecule is C[N+](C)(C)C[C@H](CC(=O)O)OC(=O)[C@@H](N)CS.Cl. The summed E-state index contributed by atoms with van der Waals surface area (Å²) in [5, 5.41) is 8.74. The molecule has 0 aromatic carbocycles. The van der Waals surface area contributed by atoms with E-state index in [2.05, 4.69) is 12.6 Å². The van der Waals surface area contributed by atoms with E-state index in [9.17, 15) is 9.59 Å². The Bertz CT molecular complexity index is 284. The van der Waals surface area contributed by atoms with Gasteiger partial charge in [0.05, 0.1) is 27.6 Å². The van der Waals surface area contributed by atoms with Crippen molar-refractivity contribution in [2.75, 3.05) is 33.4 Å². The van der Waals surface area contributed by atoms with Crippen molar-refractivity contribution in [2.24, 2.45) is 5.73 Å². The van der Waals surface area contributed by atoms with Crippen molar-refractivity contribution < 1.29 is 23.9 Å². The maximum atomic E-state index is 11.5. The summed E-state index contributed by atoms with van der Waals surface area (Å²) >= 11 is 3.89. The van der Waals surface area contributed by atoms with Gasteiger partial charge in [0.25, 0.3) is 0 Å². The summed E-state index contributed by atoms with van der Waals surface area (Å²) in [6.45, 7) is 0.414. The zero-order chi connectivity index (χ0) is 13.6. The molecule has 0 bridgehead atoms. The highest BCUT2D eigenvalue weighted by Crippen LogP contribution is 2.06. The fourth-order valence-electron chi connectivity index (χ4n) is 1.28. The monoisotopic (exact) mass is 301 g/mol. The molecule has 0 aliphatic carbocycles. The van der Waals surface area contributed by atoms with Gasteiger partial charge in [-0.25, -0.2) is 0 Å². The predicted octanol–water partition coefficient (Wildman–Crippen LogP) is -0.242. The first-order valence-electron chi connectivity index (χ1n) is 5.25. The molecular weight excluding hydrogens is 280 g/mol. The highest BCUT2D eigenvalue weighted by atomic mass is 35.5. The van der Waals surface area contributed by atoms with Crippen molar-refractivity contribution in [1.82, 2.24) is 0 Å². The Kier molecular flexibility index (Phi) is 9.45. The highest BCUT2D eigenvalue weighted by molar-refractivity contribution is 7.80. The molecule has 3 N–H and O–H groups in total. The van der Waals surface area contributed by atoms with Crippen molar-refractivity contribution in [2.45, 2.75) is 18.6 Å². The van der Waals surface area contributed by atoms with E-state index in [0.29, 0.717) is 11.0 Å². The Morgan fingerprint density at radius 2 is 1.89 bits per heavy atom. The molecule has 0 saturated carbocycles. The topological polar surface area (TPSA) is 89.6 Å². The van der Waals surface area contributed by atoms with Gasteiger partial charge in [-0.1, -0.05) is 0 Å². The molecule has 2 atom stereocenters. The lowest BCUT2D eigenvalue weighted by Gasteiger charge is -2.28. The summed E-state index contributed by atoms with van der Waals surface area (Å²) in [7, 11) is 5.67. The van der Waals surface area contributed by atoms with E-state index < -0.39 is 24.1 Å². The summed E-state index contributed by atoms with van der Waals surface area (Å²) in [6, 6.07) is -0.818. The Morgan fingerprint density at radius 3 is 2.22 bits per heavy atom. The molecule has 108 valence electrons. The van der Waals surface area contributed by atoms with Crippen LogP contribution in [-0.2, 0) is 14.3 Å². The lowest BCUT2D eigenvalue weighted by molar-refractivity contribution is -0.873. The molecule has 6 nitrogen and oxygen atoms in total. The fourth-order valence-corrected chi connectivity index (χ4v) is 1.42. The van der Waals surface area contributed by atoms with Crippen LogP contribution in [0.4, 0.5) is 0 Å². The quantitative estimate of drug-likeness (QED) is 0.343. The lowest BCUT2D eigenvalue weighted by Crippen LogP contribution is -2.46. The van der Waals surface area contributed by atoms with Crippen molar-refractivity contribution in [1.29, 1.82) is 0 Å². The Hall–Kier alpha value is -0.500. The van der Waals surface area contributed by atoms with Gasteiger partial charge in [0.2, 0.25) is 0 Å². The van der Waals surface area contributed by atoms with Crippen LogP contribution in [0.15, 0.2) is 0 Å². The Labute approximate surface area is 119 Å². The second kappa shape index (κ2) is 8.58. The van der Waals surface area contributed by atoms with E-state index in [-0.39, 0.29) is 24.6 Å². The first kappa shape index (κ1) is 19.8. The average molecular weight is 302 g/mol. The van der Waals surface area contributed by atoms with Crippen molar-refractivity contribution >= 4 is 37.0 Å². The number of ether oxygens (including phenoxy) is 1. The van der Waals surface area contributed by atoms with E-state index in [0.717, 1.165) is 0 Å². The maximum Gasteiger partial charge on any atom is 0.324 e. The number of carbonyl (C=O) groups is 2. The molecular formula is C10H22ClN2O4S+. The van der Waals surface area contributed by atoms with E-state index in [4.69, 9.17) is 15.6 Å². The minimum Gasteiger partial charge on any atom is -0.481 e. The number of nitrogens with two attached hydrogens (primary N) is 1. The Balaban J connectivity index is 0. The number of esters is 1. The number of quaternary nitrogens is 1. The molecule has 0 unspecified atom stereocenters. The molecule has 0 spiro atoms. The number of nitrogens with zero attached hydrogens (tertiary/aromatic N) is 1. The molecule has 0 fully saturated rings. The third kappa shape index (κ3) is 9.52. The standard InChI is InChI=1S/C10H20N2O4S.ClH/c1-12(2,3)5-7(4-9(13)14)16-10(15)8(11)6-17;/h7-8H,4-6,11H2,1-3H3,(H-,13,14,17);1H/p+1/t7-,8-;/m0./s1. The number of carboxylic acids is 1. The van der Waals surface area contributed by atoms with Crippen LogP contribution in [0.1, 0.15) is 6.42 Å². The normalized spacial score (nSPS) is 14.3. The van der Waals surface area contributed by atoms with E-state index in [1.807, 2.05) is 21.1 Å².